The molecular formula is C21H21BrN2O3S2. The van der Waals surface area contributed by atoms with Crippen LogP contribution in [0.3, 0.4) is 0 Å². The number of rotatable bonds is 8. The molecule has 0 radical (unpaired) electrons. The SMILES string of the molecule is COc1cc(CSc2nc(CC(=O)Nc3ccc(Br)c(C)c3)cs2)cc(OC)c1. The molecule has 0 saturated heterocycles. The number of thiazole rings is 1. The first-order valence-electron chi connectivity index (χ1n) is 8.82. The number of aryl methyl sites for hydroxylation is 1. The molecule has 0 saturated carbocycles. The van der Waals surface area contributed by atoms with E-state index in [-0.39, 0.29) is 12.3 Å². The topological polar surface area (TPSA) is 60.5 Å². The third-order valence-corrected chi connectivity index (χ3v) is 7.12. The Hall–Kier alpha value is -2.03. The van der Waals surface area contributed by atoms with E-state index in [2.05, 4.69) is 26.2 Å². The Morgan fingerprint density at radius 1 is 1.17 bits per heavy atom. The maximum absolute atomic E-state index is 12.3. The van der Waals surface area contributed by atoms with Gasteiger partial charge in [0.2, 0.25) is 5.91 Å². The Morgan fingerprint density at radius 2 is 1.90 bits per heavy atom. The molecule has 3 aromatic rings. The fraction of sp³-hybridized carbons (Fsp3) is 0.238. The van der Waals surface area contributed by atoms with Crippen LogP contribution in [-0.4, -0.2) is 25.1 Å². The lowest BCUT2D eigenvalue weighted by molar-refractivity contribution is -0.115. The zero-order valence-corrected chi connectivity index (χ0v) is 19.5. The quantitative estimate of drug-likeness (QED) is 0.408. The van der Waals surface area contributed by atoms with E-state index in [0.29, 0.717) is 0 Å². The maximum atomic E-state index is 12.3. The van der Waals surface area contributed by atoms with Gasteiger partial charge in [-0.05, 0) is 48.4 Å². The highest BCUT2D eigenvalue weighted by Crippen LogP contribution is 2.30. The van der Waals surface area contributed by atoms with Crippen LogP contribution in [0.5, 0.6) is 11.5 Å². The number of carbonyl (C=O) groups excluding carboxylic acids is 1. The molecule has 8 heteroatoms. The number of methoxy groups -OCH3 is 2. The normalized spacial score (nSPS) is 10.6. The van der Waals surface area contributed by atoms with E-state index in [0.717, 1.165) is 48.6 Å². The highest BCUT2D eigenvalue weighted by Gasteiger charge is 2.10. The van der Waals surface area contributed by atoms with Gasteiger partial charge in [-0.3, -0.25) is 4.79 Å². The van der Waals surface area contributed by atoms with Gasteiger partial charge in [-0.15, -0.1) is 11.3 Å². The molecule has 1 amide bonds. The number of amides is 1. The number of aromatic nitrogens is 1. The molecule has 0 spiro atoms. The van der Waals surface area contributed by atoms with E-state index in [1.54, 1.807) is 37.3 Å². The third kappa shape index (κ3) is 6.22. The molecule has 0 aliphatic rings. The Morgan fingerprint density at radius 3 is 2.55 bits per heavy atom. The minimum absolute atomic E-state index is 0.0777. The summed E-state index contributed by atoms with van der Waals surface area (Å²) < 4.78 is 12.6. The summed E-state index contributed by atoms with van der Waals surface area (Å²) in [5, 5.41) is 4.85. The fourth-order valence-electron chi connectivity index (χ4n) is 2.62. The molecule has 0 atom stereocenters. The summed E-state index contributed by atoms with van der Waals surface area (Å²) in [5.41, 5.74) is 3.72. The molecule has 0 bridgehead atoms. The summed E-state index contributed by atoms with van der Waals surface area (Å²) in [6, 6.07) is 11.6. The van der Waals surface area contributed by atoms with E-state index in [1.165, 1.54) is 0 Å². The Bertz CT molecular complexity index is 985. The second kappa shape index (κ2) is 10.1. The molecule has 0 aliphatic carbocycles. The van der Waals surface area contributed by atoms with E-state index in [9.17, 15) is 4.79 Å². The van der Waals surface area contributed by atoms with Crippen molar-refractivity contribution in [2.24, 2.45) is 0 Å². The lowest BCUT2D eigenvalue weighted by atomic mass is 10.2. The largest absolute Gasteiger partial charge is 0.497 e. The maximum Gasteiger partial charge on any atom is 0.230 e. The Balaban J connectivity index is 1.56. The van der Waals surface area contributed by atoms with Crippen LogP contribution >= 0.6 is 39.0 Å². The van der Waals surface area contributed by atoms with Crippen molar-refractivity contribution in [2.45, 2.75) is 23.4 Å². The van der Waals surface area contributed by atoms with E-state index >= 15 is 0 Å². The standard InChI is InChI=1S/C21H21BrN2O3S2/c1-13-6-15(4-5-19(13)22)23-20(25)9-16-12-29-21(24-16)28-11-14-7-17(26-2)10-18(8-14)27-3/h4-8,10,12H,9,11H2,1-3H3,(H,23,25). The Kier molecular flexibility index (Phi) is 7.57. The molecule has 5 nitrogen and oxygen atoms in total. The van der Waals surface area contributed by atoms with E-state index in [4.69, 9.17) is 9.47 Å². The summed E-state index contributed by atoms with van der Waals surface area (Å²) in [4.78, 5) is 16.9. The van der Waals surface area contributed by atoms with Crippen LogP contribution in [0.1, 0.15) is 16.8 Å². The molecule has 3 rings (SSSR count). The van der Waals surface area contributed by atoms with Crippen molar-refractivity contribution in [1.82, 2.24) is 4.98 Å². The summed E-state index contributed by atoms with van der Waals surface area (Å²) >= 11 is 6.63. The van der Waals surface area contributed by atoms with Gasteiger partial charge in [-0.25, -0.2) is 4.98 Å². The average molecular weight is 493 g/mol. The molecule has 0 fully saturated rings. The van der Waals surface area contributed by atoms with Crippen molar-refractivity contribution < 1.29 is 14.3 Å². The molecule has 1 N–H and O–H groups in total. The Labute approximate surface area is 187 Å². The summed E-state index contributed by atoms with van der Waals surface area (Å²) in [7, 11) is 3.28. The van der Waals surface area contributed by atoms with E-state index in [1.807, 2.05) is 48.7 Å². The molecule has 2 aromatic carbocycles. The molecule has 1 heterocycles. The van der Waals surface area contributed by atoms with Gasteiger partial charge in [0.15, 0.2) is 0 Å². The van der Waals surface area contributed by atoms with Gasteiger partial charge in [0.25, 0.3) is 0 Å². The van der Waals surface area contributed by atoms with Crippen LogP contribution in [0.25, 0.3) is 0 Å². The summed E-state index contributed by atoms with van der Waals surface area (Å²) in [6.45, 7) is 1.99. The molecule has 0 aliphatic heterocycles. The van der Waals surface area contributed by atoms with Crippen molar-refractivity contribution in [3.05, 3.63) is 63.1 Å². The van der Waals surface area contributed by atoms with Crippen molar-refractivity contribution in [1.29, 1.82) is 0 Å². The van der Waals surface area contributed by atoms with E-state index < -0.39 is 0 Å². The van der Waals surface area contributed by atoms with Crippen LogP contribution in [-0.2, 0) is 17.0 Å². The third-order valence-electron chi connectivity index (χ3n) is 4.09. The number of nitrogens with one attached hydrogen (secondary N) is 1. The predicted molar refractivity (Wildman–Crippen MR) is 122 cm³/mol. The zero-order valence-electron chi connectivity index (χ0n) is 16.3. The van der Waals surface area contributed by atoms with Gasteiger partial charge in [-0.1, -0.05) is 27.7 Å². The number of halogens is 1. The highest BCUT2D eigenvalue weighted by molar-refractivity contribution is 9.10. The van der Waals surface area contributed by atoms with Gasteiger partial charge in [0.1, 0.15) is 15.8 Å². The first-order valence-corrected chi connectivity index (χ1v) is 11.5. The van der Waals surface area contributed by atoms with Gasteiger partial charge in [0.05, 0.1) is 26.3 Å². The van der Waals surface area contributed by atoms with Gasteiger partial charge >= 0.3 is 0 Å². The molecule has 152 valence electrons. The lowest BCUT2D eigenvalue weighted by Crippen LogP contribution is -2.14. The molecule has 29 heavy (non-hydrogen) atoms. The lowest BCUT2D eigenvalue weighted by Gasteiger charge is -2.07. The monoisotopic (exact) mass is 492 g/mol. The first kappa shape index (κ1) is 21.7. The van der Waals surface area contributed by atoms with Crippen LogP contribution in [0, 0.1) is 6.92 Å². The number of hydrogen-bond donors (Lipinski definition) is 1. The number of ether oxygens (including phenoxy) is 2. The molecular weight excluding hydrogens is 472 g/mol. The second-order valence-electron chi connectivity index (χ2n) is 6.30. The number of anilines is 1. The fourth-order valence-corrected chi connectivity index (χ4v) is 4.64. The first-order chi connectivity index (χ1) is 14.0. The minimum Gasteiger partial charge on any atom is -0.497 e. The van der Waals surface area contributed by atoms with Crippen LogP contribution < -0.4 is 14.8 Å². The zero-order chi connectivity index (χ0) is 20.8. The summed E-state index contributed by atoms with van der Waals surface area (Å²) in [5.74, 6) is 2.19. The number of hydrogen-bond acceptors (Lipinski definition) is 6. The number of nitrogens with zero attached hydrogens (tertiary/aromatic N) is 1. The minimum atomic E-state index is -0.0777. The van der Waals surface area contributed by atoms with Crippen molar-refractivity contribution in [3.8, 4) is 11.5 Å². The van der Waals surface area contributed by atoms with Crippen molar-refractivity contribution in [2.75, 3.05) is 19.5 Å². The molecule has 0 unspecified atom stereocenters. The van der Waals surface area contributed by atoms with Gasteiger partial charge in [0, 0.05) is 27.4 Å². The van der Waals surface area contributed by atoms with Crippen LogP contribution in [0.2, 0.25) is 0 Å². The summed E-state index contributed by atoms with van der Waals surface area (Å²) in [6.07, 6.45) is 0.249. The number of carbonyl (C=O) groups is 1. The average Bonchev–Trinajstić information content (AvgIpc) is 3.16. The highest BCUT2D eigenvalue weighted by atomic mass is 79.9. The van der Waals surface area contributed by atoms with Crippen LogP contribution in [0.4, 0.5) is 5.69 Å². The van der Waals surface area contributed by atoms with Crippen LogP contribution in [0.15, 0.2) is 50.6 Å². The van der Waals surface area contributed by atoms with Crippen molar-refractivity contribution >= 4 is 50.6 Å². The predicted octanol–water partition coefficient (Wildman–Crippen LogP) is 5.70. The van der Waals surface area contributed by atoms with Gasteiger partial charge in [-0.2, -0.15) is 0 Å². The van der Waals surface area contributed by atoms with Gasteiger partial charge < -0.3 is 14.8 Å². The smallest absolute Gasteiger partial charge is 0.230 e. The second-order valence-corrected chi connectivity index (χ2v) is 9.24. The number of thioether (sulfide) groups is 1. The number of benzene rings is 2. The molecule has 1 aromatic heterocycles. The van der Waals surface area contributed by atoms with Crippen molar-refractivity contribution in [3.63, 3.8) is 0 Å².